The van der Waals surface area contributed by atoms with Gasteiger partial charge in [0, 0.05) is 6.20 Å². The number of nitrogens with two attached hydrogens (primary N) is 1. The fraction of sp³-hybridized carbons (Fsp3) is 0.182. The summed E-state index contributed by atoms with van der Waals surface area (Å²) in [5.41, 5.74) is 3.27. The highest BCUT2D eigenvalue weighted by atomic mass is 16.5. The number of aromatic nitrogens is 3. The normalized spacial score (nSPS) is 10.1. The molecule has 0 aliphatic rings. The van der Waals surface area contributed by atoms with Gasteiger partial charge in [0.25, 0.3) is 0 Å². The van der Waals surface area contributed by atoms with Crippen LogP contribution < -0.4 is 16.0 Å². The van der Waals surface area contributed by atoms with Crippen molar-refractivity contribution in [1.82, 2.24) is 15.0 Å². The number of hydrazine groups is 1. The molecule has 0 atom stereocenters. The molecule has 0 aromatic carbocycles. The van der Waals surface area contributed by atoms with E-state index in [2.05, 4.69) is 20.4 Å². The van der Waals surface area contributed by atoms with Gasteiger partial charge in [-0.15, -0.1) is 0 Å². The number of rotatable bonds is 3. The second kappa shape index (κ2) is 4.75. The molecule has 88 valence electrons. The molecule has 0 aliphatic heterocycles. The minimum atomic E-state index is 0.471. The summed E-state index contributed by atoms with van der Waals surface area (Å²) in [7, 11) is 0. The molecule has 0 spiro atoms. The Kier molecular flexibility index (Phi) is 3.15. The second-order valence-corrected chi connectivity index (χ2v) is 3.48. The number of aryl methyl sites for hydroxylation is 1. The molecular formula is C11H13N5O. The Morgan fingerprint density at radius 1 is 1.29 bits per heavy atom. The summed E-state index contributed by atoms with van der Waals surface area (Å²) in [5.74, 6) is 7.60. The summed E-state index contributed by atoms with van der Waals surface area (Å²) < 4.78 is 5.62. The van der Waals surface area contributed by atoms with Gasteiger partial charge in [-0.1, -0.05) is 0 Å². The average Bonchev–Trinajstić information content (AvgIpc) is 2.34. The molecule has 0 amide bonds. The van der Waals surface area contributed by atoms with E-state index in [1.807, 2.05) is 6.92 Å². The molecule has 0 aliphatic carbocycles. The maximum absolute atomic E-state index is 5.62. The molecule has 0 saturated heterocycles. The number of pyridine rings is 1. The van der Waals surface area contributed by atoms with Gasteiger partial charge in [-0.3, -0.25) is 4.98 Å². The SMILES string of the molecule is Cc1nc(NN)c(C)c(Oc2cccnc2)n1. The first-order chi connectivity index (χ1) is 8.20. The smallest absolute Gasteiger partial charge is 0.227 e. The van der Waals surface area contributed by atoms with Crippen molar-refractivity contribution in [3.05, 3.63) is 35.9 Å². The van der Waals surface area contributed by atoms with Gasteiger partial charge < -0.3 is 10.2 Å². The lowest BCUT2D eigenvalue weighted by atomic mass is 10.3. The molecule has 3 N–H and O–H groups in total. The van der Waals surface area contributed by atoms with Crippen LogP contribution in [-0.4, -0.2) is 15.0 Å². The maximum atomic E-state index is 5.62. The minimum Gasteiger partial charge on any atom is -0.437 e. The van der Waals surface area contributed by atoms with E-state index in [-0.39, 0.29) is 0 Å². The van der Waals surface area contributed by atoms with Crippen LogP contribution in [0.3, 0.4) is 0 Å². The standard InChI is InChI=1S/C11H13N5O/c1-7-10(16-12)14-8(2)15-11(7)17-9-4-3-5-13-6-9/h3-6H,12H2,1-2H3,(H,14,15,16). The van der Waals surface area contributed by atoms with E-state index in [1.165, 1.54) is 0 Å². The highest BCUT2D eigenvalue weighted by molar-refractivity contribution is 5.48. The van der Waals surface area contributed by atoms with E-state index in [1.54, 1.807) is 31.5 Å². The van der Waals surface area contributed by atoms with Crippen molar-refractivity contribution in [3.8, 4) is 11.6 Å². The monoisotopic (exact) mass is 231 g/mol. The zero-order valence-corrected chi connectivity index (χ0v) is 9.64. The predicted molar refractivity (Wildman–Crippen MR) is 63.6 cm³/mol. The zero-order chi connectivity index (χ0) is 12.3. The fourth-order valence-corrected chi connectivity index (χ4v) is 1.36. The Morgan fingerprint density at radius 2 is 2.12 bits per heavy atom. The number of nitrogens with one attached hydrogen (secondary N) is 1. The van der Waals surface area contributed by atoms with Crippen LogP contribution in [0.15, 0.2) is 24.5 Å². The van der Waals surface area contributed by atoms with E-state index in [9.17, 15) is 0 Å². The third-order valence-electron chi connectivity index (χ3n) is 2.20. The second-order valence-electron chi connectivity index (χ2n) is 3.48. The Hall–Kier alpha value is -2.21. The van der Waals surface area contributed by atoms with E-state index in [0.717, 1.165) is 5.56 Å². The summed E-state index contributed by atoms with van der Waals surface area (Å²) in [6, 6.07) is 3.60. The van der Waals surface area contributed by atoms with E-state index in [4.69, 9.17) is 10.6 Å². The largest absolute Gasteiger partial charge is 0.437 e. The molecule has 0 saturated carbocycles. The third-order valence-corrected chi connectivity index (χ3v) is 2.20. The van der Waals surface area contributed by atoms with Crippen molar-refractivity contribution in [3.63, 3.8) is 0 Å². The quantitative estimate of drug-likeness (QED) is 0.616. The molecule has 0 unspecified atom stereocenters. The lowest BCUT2D eigenvalue weighted by Gasteiger charge is -2.10. The van der Waals surface area contributed by atoms with Crippen LogP contribution in [0.2, 0.25) is 0 Å². The summed E-state index contributed by atoms with van der Waals surface area (Å²) in [5, 5.41) is 0. The van der Waals surface area contributed by atoms with Crippen molar-refractivity contribution < 1.29 is 4.74 Å². The third kappa shape index (κ3) is 2.48. The topological polar surface area (TPSA) is 86.0 Å². The maximum Gasteiger partial charge on any atom is 0.227 e. The van der Waals surface area contributed by atoms with Crippen LogP contribution in [0.25, 0.3) is 0 Å². The van der Waals surface area contributed by atoms with E-state index >= 15 is 0 Å². The van der Waals surface area contributed by atoms with Gasteiger partial charge in [-0.05, 0) is 26.0 Å². The predicted octanol–water partition coefficient (Wildman–Crippen LogP) is 1.57. The van der Waals surface area contributed by atoms with Crippen molar-refractivity contribution in [1.29, 1.82) is 0 Å². The van der Waals surface area contributed by atoms with Crippen molar-refractivity contribution in [2.75, 3.05) is 5.43 Å². The number of nitrogen functional groups attached to an aromatic ring is 1. The Bertz CT molecular complexity index is 515. The summed E-state index contributed by atoms with van der Waals surface area (Å²) >= 11 is 0. The van der Waals surface area contributed by atoms with Crippen LogP contribution in [0.4, 0.5) is 5.82 Å². The first-order valence-electron chi connectivity index (χ1n) is 5.10. The van der Waals surface area contributed by atoms with Crippen molar-refractivity contribution in [2.45, 2.75) is 13.8 Å². The highest BCUT2D eigenvalue weighted by Crippen LogP contribution is 2.25. The zero-order valence-electron chi connectivity index (χ0n) is 9.64. The molecule has 6 nitrogen and oxygen atoms in total. The van der Waals surface area contributed by atoms with Crippen LogP contribution in [0, 0.1) is 13.8 Å². The minimum absolute atomic E-state index is 0.471. The molecule has 17 heavy (non-hydrogen) atoms. The number of ether oxygens (including phenoxy) is 1. The molecule has 0 bridgehead atoms. The summed E-state index contributed by atoms with van der Waals surface area (Å²) in [6.07, 6.45) is 3.30. The fourth-order valence-electron chi connectivity index (χ4n) is 1.36. The number of nitrogens with zero attached hydrogens (tertiary/aromatic N) is 3. The van der Waals surface area contributed by atoms with Gasteiger partial charge in [-0.2, -0.15) is 4.98 Å². The molecule has 0 radical (unpaired) electrons. The van der Waals surface area contributed by atoms with Crippen molar-refractivity contribution in [2.24, 2.45) is 5.84 Å². The lowest BCUT2D eigenvalue weighted by molar-refractivity contribution is 0.454. The van der Waals surface area contributed by atoms with Crippen LogP contribution in [0.5, 0.6) is 11.6 Å². The number of anilines is 1. The first-order valence-corrected chi connectivity index (χ1v) is 5.10. The van der Waals surface area contributed by atoms with Crippen LogP contribution in [0.1, 0.15) is 11.4 Å². The number of hydrogen-bond donors (Lipinski definition) is 2. The Balaban J connectivity index is 2.36. The molecule has 0 fully saturated rings. The molecule has 6 heteroatoms. The molecule has 2 aromatic heterocycles. The van der Waals surface area contributed by atoms with Crippen molar-refractivity contribution >= 4 is 5.82 Å². The Labute approximate surface area is 98.9 Å². The molecular weight excluding hydrogens is 218 g/mol. The summed E-state index contributed by atoms with van der Waals surface area (Å²) in [6.45, 7) is 3.61. The average molecular weight is 231 g/mol. The summed E-state index contributed by atoms with van der Waals surface area (Å²) in [4.78, 5) is 12.3. The van der Waals surface area contributed by atoms with Gasteiger partial charge >= 0.3 is 0 Å². The highest BCUT2D eigenvalue weighted by Gasteiger charge is 2.10. The van der Waals surface area contributed by atoms with Crippen LogP contribution in [-0.2, 0) is 0 Å². The Morgan fingerprint density at radius 3 is 2.76 bits per heavy atom. The van der Waals surface area contributed by atoms with E-state index in [0.29, 0.717) is 23.3 Å². The van der Waals surface area contributed by atoms with Gasteiger partial charge in [-0.25, -0.2) is 10.8 Å². The van der Waals surface area contributed by atoms with Gasteiger partial charge in [0.1, 0.15) is 17.4 Å². The number of hydrogen-bond acceptors (Lipinski definition) is 6. The van der Waals surface area contributed by atoms with Crippen LogP contribution >= 0.6 is 0 Å². The van der Waals surface area contributed by atoms with Gasteiger partial charge in [0.15, 0.2) is 0 Å². The van der Waals surface area contributed by atoms with Gasteiger partial charge in [0.05, 0.1) is 11.8 Å². The molecule has 2 rings (SSSR count). The molecule has 2 heterocycles. The van der Waals surface area contributed by atoms with E-state index < -0.39 is 0 Å². The lowest BCUT2D eigenvalue weighted by Crippen LogP contribution is -2.12. The van der Waals surface area contributed by atoms with Gasteiger partial charge in [0.2, 0.25) is 5.88 Å². The first kappa shape index (κ1) is 11.3. The molecule has 2 aromatic rings.